The first kappa shape index (κ1) is 21.3. The molecule has 0 bridgehead atoms. The van der Waals surface area contributed by atoms with Gasteiger partial charge in [0.15, 0.2) is 10.9 Å². The van der Waals surface area contributed by atoms with Crippen LogP contribution < -0.4 is 9.47 Å². The highest BCUT2D eigenvalue weighted by Crippen LogP contribution is 2.35. The zero-order valence-corrected chi connectivity index (χ0v) is 17.2. The van der Waals surface area contributed by atoms with Gasteiger partial charge < -0.3 is 9.47 Å². The van der Waals surface area contributed by atoms with Crippen LogP contribution >= 0.6 is 23.5 Å². The predicted octanol–water partition coefficient (Wildman–Crippen LogP) is 5.96. The quantitative estimate of drug-likeness (QED) is 0.258. The number of aromatic nitrogens is 2. The van der Waals surface area contributed by atoms with Crippen LogP contribution in [0.2, 0.25) is 0 Å². The van der Waals surface area contributed by atoms with Crippen molar-refractivity contribution in [2.45, 2.75) is 27.0 Å². The number of rotatable bonds is 7. The summed E-state index contributed by atoms with van der Waals surface area (Å²) in [5.74, 6) is 1.60. The Morgan fingerprint density at radius 1 is 1.00 bits per heavy atom. The Morgan fingerprint density at radius 3 is 2.41 bits per heavy atom. The molecule has 0 radical (unpaired) electrons. The number of halogens is 3. The lowest BCUT2D eigenvalue weighted by Crippen LogP contribution is -2.05. The van der Waals surface area contributed by atoms with Gasteiger partial charge in [0.05, 0.1) is 26.0 Å². The van der Waals surface area contributed by atoms with Crippen molar-refractivity contribution >= 4 is 23.5 Å². The molecule has 1 heterocycles. The summed E-state index contributed by atoms with van der Waals surface area (Å²) < 4.78 is 49.1. The zero-order chi connectivity index (χ0) is 20.9. The summed E-state index contributed by atoms with van der Waals surface area (Å²) >= 11 is 2.67. The lowest BCUT2D eigenvalue weighted by molar-refractivity contribution is -0.137. The maximum atomic E-state index is 12.9. The van der Waals surface area contributed by atoms with E-state index >= 15 is 0 Å². The van der Waals surface area contributed by atoms with E-state index in [1.807, 2.05) is 24.3 Å². The van der Waals surface area contributed by atoms with Crippen molar-refractivity contribution in [3.8, 4) is 11.5 Å². The Bertz CT molecular complexity index is 967. The van der Waals surface area contributed by atoms with Gasteiger partial charge in [0.2, 0.25) is 0 Å². The number of alkyl halides is 3. The molecule has 0 saturated heterocycles. The van der Waals surface area contributed by atoms with Crippen LogP contribution in [0.25, 0.3) is 0 Å². The summed E-state index contributed by atoms with van der Waals surface area (Å²) in [5, 5.41) is 1.08. The van der Waals surface area contributed by atoms with Gasteiger partial charge in [-0.2, -0.15) is 13.2 Å². The SMILES string of the molecule is COc1ccc(Sc2nc(SCc3cccc(C(F)(F)F)c3)ncc2OC)cc1. The monoisotopic (exact) mass is 438 g/mol. The molecule has 0 spiro atoms. The Hall–Kier alpha value is -2.39. The fraction of sp³-hybridized carbons (Fsp3) is 0.200. The van der Waals surface area contributed by atoms with Gasteiger partial charge in [-0.3, -0.25) is 0 Å². The van der Waals surface area contributed by atoms with Crippen LogP contribution in [0.15, 0.2) is 69.8 Å². The normalized spacial score (nSPS) is 11.3. The smallest absolute Gasteiger partial charge is 0.416 e. The van der Waals surface area contributed by atoms with Crippen molar-refractivity contribution in [3.63, 3.8) is 0 Å². The van der Waals surface area contributed by atoms with E-state index in [1.165, 1.54) is 36.7 Å². The summed E-state index contributed by atoms with van der Waals surface area (Å²) in [6, 6.07) is 12.8. The van der Waals surface area contributed by atoms with Gasteiger partial charge in [-0.25, -0.2) is 9.97 Å². The molecule has 3 aromatic rings. The van der Waals surface area contributed by atoms with Crippen LogP contribution in [-0.2, 0) is 11.9 Å². The third kappa shape index (κ3) is 5.80. The minimum Gasteiger partial charge on any atom is -0.497 e. The van der Waals surface area contributed by atoms with Crippen molar-refractivity contribution in [1.29, 1.82) is 0 Å². The molecule has 152 valence electrons. The van der Waals surface area contributed by atoms with E-state index < -0.39 is 11.7 Å². The van der Waals surface area contributed by atoms with Crippen LogP contribution in [0.1, 0.15) is 11.1 Å². The number of hydrogen-bond donors (Lipinski definition) is 0. The van der Waals surface area contributed by atoms with Crippen LogP contribution in [0.4, 0.5) is 13.2 Å². The maximum absolute atomic E-state index is 12.9. The molecule has 0 aliphatic rings. The van der Waals surface area contributed by atoms with Crippen LogP contribution in [0, 0.1) is 0 Å². The van der Waals surface area contributed by atoms with E-state index in [9.17, 15) is 13.2 Å². The number of benzene rings is 2. The molecule has 0 aliphatic carbocycles. The van der Waals surface area contributed by atoms with Gasteiger partial charge in [0.25, 0.3) is 0 Å². The van der Waals surface area contributed by atoms with Gasteiger partial charge in [-0.05, 0) is 35.9 Å². The van der Waals surface area contributed by atoms with Gasteiger partial charge in [-0.1, -0.05) is 41.7 Å². The minimum atomic E-state index is -4.36. The number of thioether (sulfide) groups is 1. The second kappa shape index (κ2) is 9.41. The number of ether oxygens (including phenoxy) is 2. The summed E-state index contributed by atoms with van der Waals surface area (Å²) in [6.07, 6.45) is -2.80. The van der Waals surface area contributed by atoms with Gasteiger partial charge in [0, 0.05) is 10.6 Å². The molecule has 0 atom stereocenters. The number of hydrogen-bond acceptors (Lipinski definition) is 6. The summed E-state index contributed by atoms with van der Waals surface area (Å²) in [7, 11) is 3.13. The molecule has 0 unspecified atom stereocenters. The molecule has 0 aliphatic heterocycles. The predicted molar refractivity (Wildman–Crippen MR) is 107 cm³/mol. The van der Waals surface area contributed by atoms with Crippen molar-refractivity contribution in [1.82, 2.24) is 9.97 Å². The highest BCUT2D eigenvalue weighted by Gasteiger charge is 2.30. The summed E-state index contributed by atoms with van der Waals surface area (Å²) in [4.78, 5) is 9.68. The molecule has 2 aromatic carbocycles. The molecule has 0 N–H and O–H groups in total. The first-order chi connectivity index (χ1) is 13.9. The van der Waals surface area contributed by atoms with E-state index in [0.29, 0.717) is 27.2 Å². The Kier molecular flexibility index (Phi) is 6.92. The van der Waals surface area contributed by atoms with E-state index in [2.05, 4.69) is 9.97 Å². The average molecular weight is 438 g/mol. The molecule has 29 heavy (non-hydrogen) atoms. The lowest BCUT2D eigenvalue weighted by Gasteiger charge is -2.10. The molecule has 9 heteroatoms. The highest BCUT2D eigenvalue weighted by atomic mass is 32.2. The third-order valence-electron chi connectivity index (χ3n) is 3.82. The molecule has 0 saturated carbocycles. The third-order valence-corrected chi connectivity index (χ3v) is 5.74. The molecule has 4 nitrogen and oxygen atoms in total. The van der Waals surface area contributed by atoms with Crippen LogP contribution in [0.3, 0.4) is 0 Å². The fourth-order valence-corrected chi connectivity index (χ4v) is 4.04. The summed E-state index contributed by atoms with van der Waals surface area (Å²) in [5.41, 5.74) is -0.115. The Labute approximate surface area is 174 Å². The highest BCUT2D eigenvalue weighted by molar-refractivity contribution is 7.99. The van der Waals surface area contributed by atoms with E-state index in [0.717, 1.165) is 22.8 Å². The topological polar surface area (TPSA) is 44.2 Å². The van der Waals surface area contributed by atoms with Crippen molar-refractivity contribution in [2.24, 2.45) is 0 Å². The first-order valence-corrected chi connectivity index (χ1v) is 10.2. The lowest BCUT2D eigenvalue weighted by atomic mass is 10.1. The molecule has 0 fully saturated rings. The fourth-order valence-electron chi connectivity index (χ4n) is 2.36. The standard InChI is InChI=1S/C20H17F3N2O2S2/c1-26-15-6-8-16(9-7-15)29-18-17(27-2)11-24-19(25-18)28-12-13-4-3-5-14(10-13)20(21,22)23/h3-11H,12H2,1-2H3. The van der Waals surface area contributed by atoms with Crippen molar-refractivity contribution < 1.29 is 22.6 Å². The van der Waals surface area contributed by atoms with Gasteiger partial charge in [-0.15, -0.1) is 0 Å². The van der Waals surface area contributed by atoms with Crippen molar-refractivity contribution in [2.75, 3.05) is 14.2 Å². The zero-order valence-electron chi connectivity index (χ0n) is 15.6. The largest absolute Gasteiger partial charge is 0.497 e. The second-order valence-corrected chi connectivity index (χ2v) is 7.80. The number of nitrogens with zero attached hydrogens (tertiary/aromatic N) is 2. The Balaban J connectivity index is 1.74. The molecule has 1 aromatic heterocycles. The Morgan fingerprint density at radius 2 is 1.76 bits per heavy atom. The molecular weight excluding hydrogens is 421 g/mol. The van der Waals surface area contributed by atoms with Gasteiger partial charge >= 0.3 is 6.18 Å². The van der Waals surface area contributed by atoms with E-state index in [1.54, 1.807) is 19.4 Å². The first-order valence-electron chi connectivity index (χ1n) is 8.41. The average Bonchev–Trinajstić information content (AvgIpc) is 2.72. The maximum Gasteiger partial charge on any atom is 0.416 e. The minimum absolute atomic E-state index is 0.322. The van der Waals surface area contributed by atoms with E-state index in [-0.39, 0.29) is 0 Å². The number of methoxy groups -OCH3 is 2. The van der Waals surface area contributed by atoms with E-state index in [4.69, 9.17) is 9.47 Å². The molecular formula is C20H17F3N2O2S2. The van der Waals surface area contributed by atoms with Crippen molar-refractivity contribution in [3.05, 3.63) is 65.9 Å². The van der Waals surface area contributed by atoms with Gasteiger partial charge in [0.1, 0.15) is 10.8 Å². The molecule has 3 rings (SSSR count). The van der Waals surface area contributed by atoms with Crippen LogP contribution in [-0.4, -0.2) is 24.2 Å². The second-order valence-electron chi connectivity index (χ2n) is 5.79. The summed E-state index contributed by atoms with van der Waals surface area (Å²) in [6.45, 7) is 0. The molecule has 0 amide bonds. The van der Waals surface area contributed by atoms with Crippen LogP contribution in [0.5, 0.6) is 11.5 Å².